The Morgan fingerprint density at radius 1 is 1.16 bits per heavy atom. The van der Waals surface area contributed by atoms with Gasteiger partial charge in [0.1, 0.15) is 5.75 Å². The van der Waals surface area contributed by atoms with E-state index in [-0.39, 0.29) is 17.4 Å². The highest BCUT2D eigenvalue weighted by molar-refractivity contribution is 5.86. The van der Waals surface area contributed by atoms with Gasteiger partial charge < -0.3 is 14.6 Å². The number of carboxylic acid groups (broad SMARTS) is 1. The zero-order valence-electron chi connectivity index (χ0n) is 10.5. The topological polar surface area (TPSA) is 81.5 Å². The molecule has 0 fully saturated rings. The van der Waals surface area contributed by atoms with E-state index in [2.05, 4.69) is 9.97 Å². The molecule has 0 radical (unpaired) electrons. The molecule has 0 spiro atoms. The van der Waals surface area contributed by atoms with E-state index in [4.69, 9.17) is 14.6 Å². The van der Waals surface area contributed by atoms with Crippen LogP contribution in [0.4, 0.5) is 0 Å². The molecule has 0 aliphatic rings. The first-order chi connectivity index (χ1) is 9.13. The van der Waals surface area contributed by atoms with E-state index in [1.807, 2.05) is 0 Å². The van der Waals surface area contributed by atoms with Gasteiger partial charge in [0, 0.05) is 11.6 Å². The van der Waals surface area contributed by atoms with Gasteiger partial charge in [0.15, 0.2) is 11.5 Å². The van der Waals surface area contributed by atoms with E-state index < -0.39 is 5.97 Å². The van der Waals surface area contributed by atoms with Gasteiger partial charge in [-0.15, -0.1) is 0 Å². The molecule has 1 aromatic heterocycles. The van der Waals surface area contributed by atoms with Gasteiger partial charge in [-0.05, 0) is 12.1 Å². The predicted octanol–water partition coefficient (Wildman–Crippen LogP) is 1.86. The van der Waals surface area contributed by atoms with Crippen LogP contribution in [0.3, 0.4) is 0 Å². The second-order valence-corrected chi connectivity index (χ2v) is 3.66. The van der Waals surface area contributed by atoms with Crippen LogP contribution in [0.1, 0.15) is 10.5 Å². The largest absolute Gasteiger partial charge is 0.497 e. The standard InChI is InChI=1S/C13H12N2O4/c1-18-9-5-3-4-8(6-9)12-14-10(13(16)17)7-11(15-12)19-2/h3-7H,1-2H3,(H,16,17). The van der Waals surface area contributed by atoms with Crippen LogP contribution in [0.25, 0.3) is 11.4 Å². The van der Waals surface area contributed by atoms with Crippen LogP contribution >= 0.6 is 0 Å². The first-order valence-corrected chi connectivity index (χ1v) is 5.45. The fourth-order valence-electron chi connectivity index (χ4n) is 1.53. The van der Waals surface area contributed by atoms with Crippen molar-refractivity contribution < 1.29 is 19.4 Å². The van der Waals surface area contributed by atoms with E-state index in [1.165, 1.54) is 13.2 Å². The van der Waals surface area contributed by atoms with Crippen LogP contribution in [0.5, 0.6) is 11.6 Å². The van der Waals surface area contributed by atoms with E-state index in [0.717, 1.165) is 0 Å². The molecule has 0 atom stereocenters. The highest BCUT2D eigenvalue weighted by Crippen LogP contribution is 2.23. The number of nitrogens with zero attached hydrogens (tertiary/aromatic N) is 2. The Morgan fingerprint density at radius 2 is 1.95 bits per heavy atom. The molecule has 1 heterocycles. The number of carboxylic acids is 1. The smallest absolute Gasteiger partial charge is 0.354 e. The van der Waals surface area contributed by atoms with Crippen LogP contribution in [-0.2, 0) is 0 Å². The zero-order valence-corrected chi connectivity index (χ0v) is 10.5. The lowest BCUT2D eigenvalue weighted by atomic mass is 10.2. The SMILES string of the molecule is COc1cccc(-c2nc(OC)cc(C(=O)O)n2)c1. The van der Waals surface area contributed by atoms with Gasteiger partial charge in [0.05, 0.1) is 14.2 Å². The second kappa shape index (κ2) is 5.34. The lowest BCUT2D eigenvalue weighted by Gasteiger charge is -2.06. The summed E-state index contributed by atoms with van der Waals surface area (Å²) in [5, 5.41) is 9.01. The summed E-state index contributed by atoms with van der Waals surface area (Å²) in [7, 11) is 2.97. The molecule has 1 N–H and O–H groups in total. The van der Waals surface area contributed by atoms with E-state index >= 15 is 0 Å². The van der Waals surface area contributed by atoms with Crippen LogP contribution in [0, 0.1) is 0 Å². The average Bonchev–Trinajstić information content (AvgIpc) is 2.46. The molecule has 0 amide bonds. The highest BCUT2D eigenvalue weighted by atomic mass is 16.5. The lowest BCUT2D eigenvalue weighted by molar-refractivity contribution is 0.0690. The molecule has 6 heteroatoms. The quantitative estimate of drug-likeness (QED) is 0.903. The minimum absolute atomic E-state index is 0.121. The molecule has 1 aromatic carbocycles. The number of hydrogen-bond donors (Lipinski definition) is 1. The van der Waals surface area contributed by atoms with Gasteiger partial charge in [-0.1, -0.05) is 12.1 Å². The Labute approximate surface area is 109 Å². The van der Waals surface area contributed by atoms with Crippen molar-refractivity contribution in [3.63, 3.8) is 0 Å². The molecule has 19 heavy (non-hydrogen) atoms. The van der Waals surface area contributed by atoms with Gasteiger partial charge in [-0.25, -0.2) is 9.78 Å². The van der Waals surface area contributed by atoms with Crippen LogP contribution in [0.15, 0.2) is 30.3 Å². The fourth-order valence-corrected chi connectivity index (χ4v) is 1.53. The second-order valence-electron chi connectivity index (χ2n) is 3.66. The number of methoxy groups -OCH3 is 2. The molecule has 0 unspecified atom stereocenters. The molecule has 2 aromatic rings. The molecule has 0 bridgehead atoms. The number of ether oxygens (including phenoxy) is 2. The summed E-state index contributed by atoms with van der Waals surface area (Å²) in [6.07, 6.45) is 0. The van der Waals surface area contributed by atoms with E-state index in [1.54, 1.807) is 31.4 Å². The monoisotopic (exact) mass is 260 g/mol. The van der Waals surface area contributed by atoms with Crippen LogP contribution in [-0.4, -0.2) is 35.3 Å². The van der Waals surface area contributed by atoms with Crippen molar-refractivity contribution in [2.24, 2.45) is 0 Å². The summed E-state index contributed by atoms with van der Waals surface area (Å²) in [5.41, 5.74) is 0.533. The maximum Gasteiger partial charge on any atom is 0.354 e. The normalized spacial score (nSPS) is 10.0. The maximum atomic E-state index is 11.0. The minimum Gasteiger partial charge on any atom is -0.497 e. The maximum absolute atomic E-state index is 11.0. The molecule has 2 rings (SSSR count). The Kier molecular flexibility index (Phi) is 3.61. The Morgan fingerprint density at radius 3 is 2.58 bits per heavy atom. The zero-order chi connectivity index (χ0) is 13.8. The summed E-state index contributed by atoms with van der Waals surface area (Å²) in [4.78, 5) is 19.1. The van der Waals surface area contributed by atoms with Crippen molar-refractivity contribution >= 4 is 5.97 Å². The van der Waals surface area contributed by atoms with Crippen molar-refractivity contribution in [1.82, 2.24) is 9.97 Å². The Bertz CT molecular complexity index is 613. The predicted molar refractivity (Wildman–Crippen MR) is 67.5 cm³/mol. The number of aromatic nitrogens is 2. The third-order valence-electron chi connectivity index (χ3n) is 2.46. The summed E-state index contributed by atoms with van der Waals surface area (Å²) >= 11 is 0. The molecule has 0 saturated heterocycles. The molecular weight excluding hydrogens is 248 g/mol. The number of aromatic carboxylic acids is 1. The van der Waals surface area contributed by atoms with Crippen molar-refractivity contribution in [2.45, 2.75) is 0 Å². The first kappa shape index (κ1) is 12.8. The number of hydrogen-bond acceptors (Lipinski definition) is 5. The highest BCUT2D eigenvalue weighted by Gasteiger charge is 2.12. The Hall–Kier alpha value is -2.63. The van der Waals surface area contributed by atoms with Crippen molar-refractivity contribution in [3.8, 4) is 23.0 Å². The number of benzene rings is 1. The van der Waals surface area contributed by atoms with Gasteiger partial charge >= 0.3 is 5.97 Å². The minimum atomic E-state index is -1.13. The number of carbonyl (C=O) groups is 1. The van der Waals surface area contributed by atoms with Gasteiger partial charge in [-0.3, -0.25) is 0 Å². The van der Waals surface area contributed by atoms with Crippen molar-refractivity contribution in [2.75, 3.05) is 14.2 Å². The van der Waals surface area contributed by atoms with Crippen molar-refractivity contribution in [3.05, 3.63) is 36.0 Å². The third kappa shape index (κ3) is 2.79. The molecule has 0 saturated carbocycles. The summed E-state index contributed by atoms with van der Waals surface area (Å²) in [5.74, 6) is -0.0217. The first-order valence-electron chi connectivity index (χ1n) is 5.45. The molecular formula is C13H12N2O4. The average molecular weight is 260 g/mol. The van der Waals surface area contributed by atoms with Gasteiger partial charge in [0.2, 0.25) is 5.88 Å². The molecule has 0 aliphatic heterocycles. The molecule has 98 valence electrons. The summed E-state index contributed by atoms with van der Waals surface area (Å²) in [6.45, 7) is 0. The van der Waals surface area contributed by atoms with E-state index in [9.17, 15) is 4.79 Å². The lowest BCUT2D eigenvalue weighted by Crippen LogP contribution is -2.04. The van der Waals surface area contributed by atoms with E-state index in [0.29, 0.717) is 11.3 Å². The van der Waals surface area contributed by atoms with Crippen molar-refractivity contribution in [1.29, 1.82) is 0 Å². The van der Waals surface area contributed by atoms with Crippen LogP contribution in [0.2, 0.25) is 0 Å². The number of rotatable bonds is 4. The Balaban J connectivity index is 2.53. The molecule has 6 nitrogen and oxygen atoms in total. The summed E-state index contributed by atoms with van der Waals surface area (Å²) in [6, 6.07) is 8.31. The molecule has 0 aliphatic carbocycles. The van der Waals surface area contributed by atoms with Crippen LogP contribution < -0.4 is 9.47 Å². The summed E-state index contributed by atoms with van der Waals surface area (Å²) < 4.78 is 10.1. The van der Waals surface area contributed by atoms with Gasteiger partial charge in [0.25, 0.3) is 0 Å². The van der Waals surface area contributed by atoms with Gasteiger partial charge in [-0.2, -0.15) is 4.98 Å². The fraction of sp³-hybridized carbons (Fsp3) is 0.154. The third-order valence-corrected chi connectivity index (χ3v) is 2.46.